The van der Waals surface area contributed by atoms with Crippen LogP contribution in [0.15, 0.2) is 103 Å². The second kappa shape index (κ2) is 11.3. The van der Waals surface area contributed by atoms with Crippen molar-refractivity contribution in [2.45, 2.75) is 24.1 Å². The number of aromatic nitrogens is 2. The number of ether oxygens (including phenoxy) is 2. The van der Waals surface area contributed by atoms with Gasteiger partial charge in [-0.3, -0.25) is 4.90 Å². The Morgan fingerprint density at radius 3 is 1.95 bits per heavy atom. The Bertz CT molecular complexity index is 1310. The molecule has 0 N–H and O–H groups in total. The molecule has 2 heterocycles. The van der Waals surface area contributed by atoms with Gasteiger partial charge in [0.05, 0.1) is 0 Å². The van der Waals surface area contributed by atoms with Gasteiger partial charge in [-0.1, -0.05) is 91.0 Å². The maximum Gasteiger partial charge on any atom is 0.411 e. The van der Waals surface area contributed by atoms with Crippen LogP contribution in [0.3, 0.4) is 0 Å². The molecule has 0 spiro atoms. The molecule has 1 aliphatic heterocycles. The second-order valence-corrected chi connectivity index (χ2v) is 10.1. The van der Waals surface area contributed by atoms with Crippen LogP contribution in [0.2, 0.25) is 0 Å². The summed E-state index contributed by atoms with van der Waals surface area (Å²) < 4.78 is 14.2. The Labute approximate surface area is 234 Å². The Morgan fingerprint density at radius 2 is 1.51 bits per heavy atom. The molecule has 3 aromatic carbocycles. The molecule has 1 saturated heterocycles. The number of aryl methyl sites for hydroxylation is 1. The molecule has 200 valence electrons. The molecule has 0 saturated carbocycles. The highest BCUT2D eigenvalue weighted by molar-refractivity contribution is 7.80. The monoisotopic (exact) mass is 540 g/mol. The van der Waals surface area contributed by atoms with Crippen molar-refractivity contribution in [2.75, 3.05) is 20.7 Å². The van der Waals surface area contributed by atoms with E-state index in [2.05, 4.69) is 41.4 Å². The van der Waals surface area contributed by atoms with Gasteiger partial charge >= 0.3 is 6.09 Å². The molecule has 4 aromatic rings. The van der Waals surface area contributed by atoms with Gasteiger partial charge in [-0.15, -0.1) is 0 Å². The van der Waals surface area contributed by atoms with Gasteiger partial charge in [0.15, 0.2) is 0 Å². The average Bonchev–Trinajstić information content (AvgIpc) is 3.55. The lowest BCUT2D eigenvalue weighted by Crippen LogP contribution is -2.57. The number of hydrogen-bond donors (Lipinski definition) is 0. The van der Waals surface area contributed by atoms with Gasteiger partial charge in [0.25, 0.3) is 5.17 Å². The Morgan fingerprint density at radius 1 is 1.00 bits per heavy atom. The predicted octanol–water partition coefficient (Wildman–Crippen LogP) is 5.01. The standard InChI is InChI=1S/C31H32N4O3S/c1-33(2)30(39)38-27(21-28-32-19-20-34(28)3)26-22-37-29(36)35(26)31(23-13-7-4-8-14-23,24-15-9-5-10-16-24)25-17-11-6-12-18-25/h4-20,26-27H,21-22H2,1-3H3/t26-,27+/m0/s1. The first-order valence-electron chi connectivity index (χ1n) is 12.9. The van der Waals surface area contributed by atoms with E-state index in [4.69, 9.17) is 21.7 Å². The molecule has 1 aromatic heterocycles. The number of hydrogen-bond acceptors (Lipinski definition) is 5. The summed E-state index contributed by atoms with van der Waals surface area (Å²) in [6.07, 6.45) is 3.15. The third kappa shape index (κ3) is 5.00. The van der Waals surface area contributed by atoms with E-state index in [9.17, 15) is 4.79 Å². The van der Waals surface area contributed by atoms with Crippen LogP contribution >= 0.6 is 12.2 Å². The molecule has 5 rings (SSSR count). The van der Waals surface area contributed by atoms with Crippen molar-refractivity contribution in [3.8, 4) is 0 Å². The first-order valence-corrected chi connectivity index (χ1v) is 13.3. The fourth-order valence-electron chi connectivity index (χ4n) is 5.31. The van der Waals surface area contributed by atoms with Crippen LogP contribution < -0.4 is 0 Å². The number of nitrogens with zero attached hydrogens (tertiary/aromatic N) is 4. The summed E-state index contributed by atoms with van der Waals surface area (Å²) in [5.41, 5.74) is 1.83. The predicted molar refractivity (Wildman–Crippen MR) is 154 cm³/mol. The lowest BCUT2D eigenvalue weighted by Gasteiger charge is -2.46. The maximum absolute atomic E-state index is 13.9. The summed E-state index contributed by atoms with van der Waals surface area (Å²) in [5.74, 6) is 0.825. The normalized spacial score (nSPS) is 16.0. The molecular formula is C31H32N4O3S. The van der Waals surface area contributed by atoms with Crippen molar-refractivity contribution >= 4 is 23.5 Å². The number of amides is 1. The number of rotatable bonds is 8. The number of benzene rings is 3. The lowest BCUT2D eigenvalue weighted by molar-refractivity contribution is 0.0563. The zero-order valence-corrected chi connectivity index (χ0v) is 23.1. The Hall–Kier alpha value is -4.17. The van der Waals surface area contributed by atoms with Gasteiger partial charge in [0.2, 0.25) is 0 Å². The van der Waals surface area contributed by atoms with Crippen molar-refractivity contribution in [1.29, 1.82) is 0 Å². The number of imidazole rings is 1. The molecule has 0 radical (unpaired) electrons. The molecule has 0 aliphatic carbocycles. The average molecular weight is 541 g/mol. The van der Waals surface area contributed by atoms with E-state index >= 15 is 0 Å². The van der Waals surface area contributed by atoms with Crippen molar-refractivity contribution in [3.63, 3.8) is 0 Å². The van der Waals surface area contributed by atoms with E-state index in [0.717, 1.165) is 22.5 Å². The highest BCUT2D eigenvalue weighted by atomic mass is 32.1. The minimum atomic E-state index is -0.995. The van der Waals surface area contributed by atoms with Gasteiger partial charge in [-0.05, 0) is 28.9 Å². The van der Waals surface area contributed by atoms with E-state index in [1.54, 1.807) is 11.1 Å². The molecule has 39 heavy (non-hydrogen) atoms. The van der Waals surface area contributed by atoms with Gasteiger partial charge in [0.1, 0.15) is 30.1 Å². The van der Waals surface area contributed by atoms with Crippen LogP contribution in [-0.4, -0.2) is 63.5 Å². The molecular weight excluding hydrogens is 508 g/mol. The fourth-order valence-corrected chi connectivity index (χ4v) is 5.44. The number of thiocarbonyl (C=S) groups is 1. The van der Waals surface area contributed by atoms with Gasteiger partial charge in [-0.2, -0.15) is 0 Å². The fraction of sp³-hybridized carbons (Fsp3) is 0.258. The third-order valence-corrected chi connectivity index (χ3v) is 7.65. The zero-order valence-electron chi connectivity index (χ0n) is 22.3. The first kappa shape index (κ1) is 26.4. The van der Waals surface area contributed by atoms with Crippen LogP contribution in [0.5, 0.6) is 0 Å². The zero-order chi connectivity index (χ0) is 27.4. The van der Waals surface area contributed by atoms with E-state index in [0.29, 0.717) is 11.6 Å². The van der Waals surface area contributed by atoms with E-state index < -0.39 is 23.8 Å². The van der Waals surface area contributed by atoms with Gasteiger partial charge in [0, 0.05) is 40.0 Å². The molecule has 1 fully saturated rings. The summed E-state index contributed by atoms with van der Waals surface area (Å²) in [6.45, 7) is 0.151. The van der Waals surface area contributed by atoms with Crippen LogP contribution in [0.25, 0.3) is 0 Å². The first-order chi connectivity index (χ1) is 18.9. The molecule has 2 atom stereocenters. The summed E-state index contributed by atoms with van der Waals surface area (Å²) in [5, 5.41) is 0.332. The molecule has 1 amide bonds. The summed E-state index contributed by atoms with van der Waals surface area (Å²) in [7, 11) is 5.63. The van der Waals surface area contributed by atoms with Crippen LogP contribution in [0.1, 0.15) is 22.5 Å². The Balaban J connectivity index is 1.73. The van der Waals surface area contributed by atoms with E-state index in [-0.39, 0.29) is 6.61 Å². The quantitative estimate of drug-likeness (QED) is 0.231. The summed E-state index contributed by atoms with van der Waals surface area (Å²) in [4.78, 5) is 22.1. The molecule has 7 nitrogen and oxygen atoms in total. The smallest absolute Gasteiger partial charge is 0.411 e. The highest BCUT2D eigenvalue weighted by Gasteiger charge is 2.54. The van der Waals surface area contributed by atoms with E-state index in [1.807, 2.05) is 91.4 Å². The highest BCUT2D eigenvalue weighted by Crippen LogP contribution is 2.46. The minimum Gasteiger partial charge on any atom is -0.465 e. The third-order valence-electron chi connectivity index (χ3n) is 7.19. The summed E-state index contributed by atoms with van der Waals surface area (Å²) in [6, 6.07) is 29.8. The summed E-state index contributed by atoms with van der Waals surface area (Å²) >= 11 is 5.59. The van der Waals surface area contributed by atoms with Crippen molar-refractivity contribution in [1.82, 2.24) is 19.4 Å². The van der Waals surface area contributed by atoms with E-state index in [1.165, 1.54) is 0 Å². The van der Waals surface area contributed by atoms with Crippen molar-refractivity contribution in [3.05, 3.63) is 126 Å². The molecule has 1 aliphatic rings. The Kier molecular flexibility index (Phi) is 7.65. The van der Waals surface area contributed by atoms with Crippen LogP contribution in [0, 0.1) is 0 Å². The molecule has 0 bridgehead atoms. The lowest BCUT2D eigenvalue weighted by atomic mass is 9.74. The number of carbonyl (C=O) groups excluding carboxylic acids is 1. The van der Waals surface area contributed by atoms with Crippen molar-refractivity contribution < 1.29 is 14.3 Å². The number of carbonyl (C=O) groups is 1. The van der Waals surface area contributed by atoms with Crippen LogP contribution in [0.4, 0.5) is 4.79 Å². The molecule has 8 heteroatoms. The van der Waals surface area contributed by atoms with Gasteiger partial charge < -0.3 is 18.9 Å². The molecule has 0 unspecified atom stereocenters. The van der Waals surface area contributed by atoms with Gasteiger partial charge in [-0.25, -0.2) is 9.78 Å². The largest absolute Gasteiger partial charge is 0.465 e. The van der Waals surface area contributed by atoms with Crippen molar-refractivity contribution in [2.24, 2.45) is 7.05 Å². The topological polar surface area (TPSA) is 59.8 Å². The minimum absolute atomic E-state index is 0.151. The van der Waals surface area contributed by atoms with Crippen LogP contribution in [-0.2, 0) is 28.5 Å². The SMILES string of the molecule is CN(C)C(=S)O[C@H](Cc1nccn1C)[C@@H]1COC(=O)N1C(c1ccccc1)(c1ccccc1)c1ccccc1. The maximum atomic E-state index is 13.9. The number of cyclic esters (lactones) is 1. The second-order valence-electron chi connectivity index (χ2n) is 9.80.